The van der Waals surface area contributed by atoms with Gasteiger partial charge in [0, 0.05) is 17.7 Å². The molecule has 0 bridgehead atoms. The lowest BCUT2D eigenvalue weighted by Gasteiger charge is -2.18. The molecule has 1 unspecified atom stereocenters. The minimum atomic E-state index is -0.190. The third kappa shape index (κ3) is 2.27. The van der Waals surface area contributed by atoms with E-state index in [9.17, 15) is 4.39 Å². The fourth-order valence-corrected chi connectivity index (χ4v) is 2.80. The summed E-state index contributed by atoms with van der Waals surface area (Å²) in [5.74, 6) is 0.746. The summed E-state index contributed by atoms with van der Waals surface area (Å²) < 4.78 is 16.2. The molecule has 108 valence electrons. The highest BCUT2D eigenvalue weighted by molar-refractivity contribution is 5.80. The van der Waals surface area contributed by atoms with Crippen molar-refractivity contribution >= 4 is 16.7 Å². The van der Waals surface area contributed by atoms with Gasteiger partial charge in [-0.2, -0.15) is 0 Å². The van der Waals surface area contributed by atoms with Gasteiger partial charge >= 0.3 is 0 Å². The summed E-state index contributed by atoms with van der Waals surface area (Å²) in [4.78, 5) is 4.63. The van der Waals surface area contributed by atoms with Crippen LogP contribution >= 0.6 is 0 Å². The number of nitrogens with zero attached hydrogens (tertiary/aromatic N) is 2. The Labute approximate surface area is 123 Å². The smallest absolute Gasteiger partial charge is 0.128 e. The van der Waals surface area contributed by atoms with Gasteiger partial charge in [0.05, 0.1) is 17.1 Å². The summed E-state index contributed by atoms with van der Waals surface area (Å²) in [5, 5.41) is 0. The highest BCUT2D eigenvalue weighted by Gasteiger charge is 2.18. The molecule has 3 nitrogen and oxygen atoms in total. The van der Waals surface area contributed by atoms with E-state index in [1.54, 1.807) is 6.07 Å². The van der Waals surface area contributed by atoms with Crippen LogP contribution in [0.15, 0.2) is 42.5 Å². The molecule has 2 aromatic carbocycles. The van der Waals surface area contributed by atoms with Gasteiger partial charge in [0.25, 0.3) is 0 Å². The summed E-state index contributed by atoms with van der Waals surface area (Å²) >= 11 is 0. The minimum absolute atomic E-state index is 0.116. The Morgan fingerprint density at radius 2 is 2.00 bits per heavy atom. The number of hydrogen-bond donors (Lipinski definition) is 1. The Morgan fingerprint density at radius 1 is 1.24 bits per heavy atom. The van der Waals surface area contributed by atoms with E-state index in [1.807, 2.05) is 37.3 Å². The van der Waals surface area contributed by atoms with Gasteiger partial charge in [0.2, 0.25) is 0 Å². The first kappa shape index (κ1) is 13.6. The van der Waals surface area contributed by atoms with Gasteiger partial charge in [0.15, 0.2) is 0 Å². The first-order chi connectivity index (χ1) is 10.1. The molecule has 3 rings (SSSR count). The van der Waals surface area contributed by atoms with Crippen LogP contribution in [-0.2, 0) is 6.42 Å². The van der Waals surface area contributed by atoms with Crippen LogP contribution in [0.5, 0.6) is 0 Å². The fraction of sp³-hybridized carbons (Fsp3) is 0.235. The van der Waals surface area contributed by atoms with Crippen LogP contribution in [0.4, 0.5) is 10.1 Å². The predicted octanol–water partition coefficient (Wildman–Crippen LogP) is 3.93. The lowest BCUT2D eigenvalue weighted by Crippen LogP contribution is -2.11. The van der Waals surface area contributed by atoms with Gasteiger partial charge in [-0.1, -0.05) is 25.1 Å². The number of halogens is 1. The van der Waals surface area contributed by atoms with Gasteiger partial charge in [-0.05, 0) is 31.2 Å². The zero-order chi connectivity index (χ0) is 15.0. The summed E-state index contributed by atoms with van der Waals surface area (Å²) in [6, 6.07) is 12.4. The molecule has 0 aliphatic heterocycles. The average Bonchev–Trinajstić information content (AvgIpc) is 2.84. The molecule has 0 aliphatic carbocycles. The second-order valence-electron chi connectivity index (χ2n) is 5.20. The van der Waals surface area contributed by atoms with E-state index in [-0.39, 0.29) is 11.9 Å². The van der Waals surface area contributed by atoms with Crippen LogP contribution in [0, 0.1) is 5.82 Å². The SMILES string of the molecule is CCc1nc2cc(N)ccc2n1C(C)c1ccccc1F. The molecule has 0 fully saturated rings. The van der Waals surface area contributed by atoms with Crippen molar-refractivity contribution in [3.8, 4) is 0 Å². The Hall–Kier alpha value is -2.36. The number of nitrogen functional groups attached to an aromatic ring is 1. The Kier molecular flexibility index (Phi) is 3.37. The van der Waals surface area contributed by atoms with Gasteiger partial charge in [-0.3, -0.25) is 0 Å². The fourth-order valence-electron chi connectivity index (χ4n) is 2.80. The standard InChI is InChI=1S/C17H18FN3/c1-3-17-20-15-10-12(19)8-9-16(15)21(17)11(2)13-6-4-5-7-14(13)18/h4-11H,3,19H2,1-2H3. The van der Waals surface area contributed by atoms with E-state index in [2.05, 4.69) is 16.5 Å². The number of nitrogens with two attached hydrogens (primary N) is 1. The molecule has 2 N–H and O–H groups in total. The molecule has 0 amide bonds. The average molecular weight is 283 g/mol. The van der Waals surface area contributed by atoms with E-state index in [0.29, 0.717) is 11.3 Å². The number of hydrogen-bond acceptors (Lipinski definition) is 2. The molecule has 3 aromatic rings. The van der Waals surface area contributed by atoms with Crippen LogP contribution in [0.1, 0.15) is 31.3 Å². The van der Waals surface area contributed by atoms with Crippen molar-refractivity contribution in [1.29, 1.82) is 0 Å². The van der Waals surface area contributed by atoms with Crippen LogP contribution in [-0.4, -0.2) is 9.55 Å². The van der Waals surface area contributed by atoms with Crippen molar-refractivity contribution in [2.45, 2.75) is 26.3 Å². The maximum Gasteiger partial charge on any atom is 0.128 e. The van der Waals surface area contributed by atoms with Crippen LogP contribution in [0.3, 0.4) is 0 Å². The molecule has 21 heavy (non-hydrogen) atoms. The Balaban J connectivity index is 2.21. The number of anilines is 1. The second kappa shape index (κ2) is 5.20. The first-order valence-electron chi connectivity index (χ1n) is 7.12. The van der Waals surface area contributed by atoms with Crippen molar-refractivity contribution in [3.63, 3.8) is 0 Å². The molecule has 0 aliphatic rings. The van der Waals surface area contributed by atoms with Gasteiger partial charge < -0.3 is 10.3 Å². The van der Waals surface area contributed by atoms with E-state index < -0.39 is 0 Å². The quantitative estimate of drug-likeness (QED) is 0.740. The number of rotatable bonds is 3. The van der Waals surface area contributed by atoms with Gasteiger partial charge in [-0.25, -0.2) is 9.37 Å². The van der Waals surface area contributed by atoms with E-state index in [0.717, 1.165) is 23.3 Å². The number of fused-ring (bicyclic) bond motifs is 1. The molecule has 0 radical (unpaired) electrons. The molecule has 4 heteroatoms. The van der Waals surface area contributed by atoms with E-state index >= 15 is 0 Å². The number of imidazole rings is 1. The topological polar surface area (TPSA) is 43.8 Å². The monoisotopic (exact) mass is 283 g/mol. The first-order valence-corrected chi connectivity index (χ1v) is 7.12. The van der Waals surface area contributed by atoms with Crippen molar-refractivity contribution < 1.29 is 4.39 Å². The van der Waals surface area contributed by atoms with Crippen molar-refractivity contribution in [1.82, 2.24) is 9.55 Å². The zero-order valence-corrected chi connectivity index (χ0v) is 12.2. The largest absolute Gasteiger partial charge is 0.399 e. The van der Waals surface area contributed by atoms with Crippen molar-refractivity contribution in [3.05, 3.63) is 59.7 Å². The molecule has 1 heterocycles. The summed E-state index contributed by atoms with van der Waals surface area (Å²) in [5.41, 5.74) is 9.02. The minimum Gasteiger partial charge on any atom is -0.399 e. The number of benzene rings is 2. The molecular weight excluding hydrogens is 265 g/mol. The normalized spacial score (nSPS) is 12.7. The summed E-state index contributed by atoms with van der Waals surface area (Å²) in [7, 11) is 0. The maximum absolute atomic E-state index is 14.1. The van der Waals surface area contributed by atoms with E-state index in [1.165, 1.54) is 6.07 Å². The second-order valence-corrected chi connectivity index (χ2v) is 5.20. The molecule has 1 aromatic heterocycles. The van der Waals surface area contributed by atoms with Gasteiger partial charge in [0.1, 0.15) is 11.6 Å². The summed E-state index contributed by atoms with van der Waals surface area (Å²) in [6.45, 7) is 4.05. The molecule has 1 atom stereocenters. The predicted molar refractivity (Wildman–Crippen MR) is 83.7 cm³/mol. The Morgan fingerprint density at radius 3 is 2.71 bits per heavy atom. The van der Waals surface area contributed by atoms with Crippen LogP contribution < -0.4 is 5.73 Å². The molecule has 0 saturated heterocycles. The molecular formula is C17H18FN3. The highest BCUT2D eigenvalue weighted by Crippen LogP contribution is 2.28. The third-order valence-corrected chi connectivity index (χ3v) is 3.85. The number of aryl methyl sites for hydroxylation is 1. The Bertz CT molecular complexity index is 792. The lowest BCUT2D eigenvalue weighted by molar-refractivity contribution is 0.553. The third-order valence-electron chi connectivity index (χ3n) is 3.85. The molecule has 0 saturated carbocycles. The van der Waals surface area contributed by atoms with Crippen molar-refractivity contribution in [2.75, 3.05) is 5.73 Å². The van der Waals surface area contributed by atoms with Crippen molar-refractivity contribution in [2.24, 2.45) is 0 Å². The number of aromatic nitrogens is 2. The van der Waals surface area contributed by atoms with Crippen LogP contribution in [0.2, 0.25) is 0 Å². The molecule has 0 spiro atoms. The lowest BCUT2D eigenvalue weighted by atomic mass is 10.1. The maximum atomic E-state index is 14.1. The zero-order valence-electron chi connectivity index (χ0n) is 12.2. The van der Waals surface area contributed by atoms with Crippen LogP contribution in [0.25, 0.3) is 11.0 Å². The highest BCUT2D eigenvalue weighted by atomic mass is 19.1. The van der Waals surface area contributed by atoms with E-state index in [4.69, 9.17) is 5.73 Å². The summed E-state index contributed by atoms with van der Waals surface area (Å²) in [6.07, 6.45) is 0.785. The van der Waals surface area contributed by atoms with Gasteiger partial charge in [-0.15, -0.1) is 0 Å².